The Hall–Kier alpha value is -4.14. The summed E-state index contributed by atoms with van der Waals surface area (Å²) >= 11 is 0. The van der Waals surface area contributed by atoms with Crippen molar-refractivity contribution in [1.29, 1.82) is 0 Å². The van der Waals surface area contributed by atoms with Crippen molar-refractivity contribution in [3.63, 3.8) is 0 Å². The number of amides is 3. The molecule has 0 bridgehead atoms. The molecule has 2 atom stereocenters. The highest BCUT2D eigenvalue weighted by molar-refractivity contribution is 5.91. The molecule has 3 N–H and O–H groups in total. The van der Waals surface area contributed by atoms with E-state index in [4.69, 9.17) is 4.74 Å². The first-order valence-electron chi connectivity index (χ1n) is 13.6. The fraction of sp³-hybridized carbons (Fsp3) is 0.419. The molecule has 1 aromatic heterocycles. The molecule has 3 rings (SSSR count). The van der Waals surface area contributed by atoms with E-state index in [-0.39, 0.29) is 30.3 Å². The summed E-state index contributed by atoms with van der Waals surface area (Å²) < 4.78 is 5.37. The largest absolute Gasteiger partial charge is 0.445 e. The summed E-state index contributed by atoms with van der Waals surface area (Å²) in [4.78, 5) is 48.4. The van der Waals surface area contributed by atoms with Crippen LogP contribution in [-0.4, -0.2) is 58.5 Å². The normalized spacial score (nSPS) is 12.8. The van der Waals surface area contributed by atoms with Crippen LogP contribution in [0.3, 0.4) is 0 Å². The molecule has 0 saturated carbocycles. The lowest BCUT2D eigenvalue weighted by molar-refractivity contribution is -0.141. The zero-order valence-corrected chi connectivity index (χ0v) is 24.0. The molecule has 9 heteroatoms. The average molecular weight is 548 g/mol. The second-order valence-electron chi connectivity index (χ2n) is 11.1. The van der Waals surface area contributed by atoms with Gasteiger partial charge in [-0.15, -0.1) is 0 Å². The summed E-state index contributed by atoms with van der Waals surface area (Å²) in [6.45, 7) is 8.64. The number of nitrogens with one attached hydrogen (secondary N) is 3. The summed E-state index contributed by atoms with van der Waals surface area (Å²) in [5, 5.41) is 5.76. The van der Waals surface area contributed by atoms with Crippen LogP contribution in [0.5, 0.6) is 0 Å². The highest BCUT2D eigenvalue weighted by Gasteiger charge is 2.34. The highest BCUT2D eigenvalue weighted by Crippen LogP contribution is 2.22. The molecule has 0 radical (unpaired) electrons. The molecule has 1 heterocycles. The maximum Gasteiger partial charge on any atom is 0.408 e. The Morgan fingerprint density at radius 2 is 1.68 bits per heavy atom. The zero-order chi connectivity index (χ0) is 29.1. The minimum absolute atomic E-state index is 0.0725. The zero-order valence-electron chi connectivity index (χ0n) is 24.0. The van der Waals surface area contributed by atoms with Gasteiger partial charge in [0.15, 0.2) is 0 Å². The van der Waals surface area contributed by atoms with E-state index < -0.39 is 24.1 Å². The summed E-state index contributed by atoms with van der Waals surface area (Å²) in [5.41, 5.74) is 2.32. The number of likely N-dealkylation sites (N-methyl/N-ethyl adjacent to an activating group) is 1. The van der Waals surface area contributed by atoms with Gasteiger partial charge in [-0.2, -0.15) is 0 Å². The molecule has 40 heavy (non-hydrogen) atoms. The number of rotatable bonds is 13. The van der Waals surface area contributed by atoms with Crippen molar-refractivity contribution >= 4 is 17.9 Å². The van der Waals surface area contributed by atoms with Crippen molar-refractivity contribution in [2.45, 2.75) is 64.6 Å². The van der Waals surface area contributed by atoms with E-state index in [9.17, 15) is 14.4 Å². The van der Waals surface area contributed by atoms with Crippen molar-refractivity contribution in [2.75, 3.05) is 13.6 Å². The highest BCUT2D eigenvalue weighted by atomic mass is 16.5. The SMILES string of the molecule is CC(C)CC(C(=O)NCC(C)(C)c1ccccc1)N(C)C(=O)C(Cc1cnc[nH]1)NC(=O)OCc1ccccc1. The monoisotopic (exact) mass is 547 g/mol. The van der Waals surface area contributed by atoms with Crippen molar-refractivity contribution < 1.29 is 19.1 Å². The number of ether oxygens (including phenoxy) is 1. The summed E-state index contributed by atoms with van der Waals surface area (Å²) in [6, 6.07) is 17.6. The molecule has 9 nitrogen and oxygen atoms in total. The van der Waals surface area contributed by atoms with Crippen LogP contribution >= 0.6 is 0 Å². The third-order valence-electron chi connectivity index (χ3n) is 6.85. The Bertz CT molecular complexity index is 1210. The minimum Gasteiger partial charge on any atom is -0.445 e. The average Bonchev–Trinajstić information content (AvgIpc) is 3.46. The van der Waals surface area contributed by atoms with E-state index in [1.165, 1.54) is 11.2 Å². The van der Waals surface area contributed by atoms with Gasteiger partial charge < -0.3 is 25.3 Å². The lowest BCUT2D eigenvalue weighted by atomic mass is 9.84. The number of aromatic amines is 1. The third-order valence-corrected chi connectivity index (χ3v) is 6.85. The number of benzene rings is 2. The van der Waals surface area contributed by atoms with Crippen LogP contribution in [0.2, 0.25) is 0 Å². The van der Waals surface area contributed by atoms with Gasteiger partial charge in [-0.25, -0.2) is 9.78 Å². The number of carbonyl (C=O) groups excluding carboxylic acids is 3. The standard InChI is InChI=1S/C31H41N5O4/c1-22(2)16-27(28(37)33-20-31(3,4)24-14-10-7-11-15-24)36(5)29(38)26(17-25-18-32-21-34-25)35-30(39)40-19-23-12-8-6-9-13-23/h6-15,18,21-22,26-27H,16-17,19-20H2,1-5H3,(H,32,34)(H,33,37)(H,35,39). The predicted molar refractivity (Wildman–Crippen MR) is 154 cm³/mol. The first-order valence-corrected chi connectivity index (χ1v) is 13.6. The number of hydrogen-bond donors (Lipinski definition) is 3. The molecular formula is C31H41N5O4. The van der Waals surface area contributed by atoms with E-state index in [0.717, 1.165) is 11.1 Å². The van der Waals surface area contributed by atoms with Gasteiger partial charge in [0.25, 0.3) is 0 Å². The van der Waals surface area contributed by atoms with Gasteiger partial charge in [0.05, 0.1) is 6.33 Å². The number of H-pyrrole nitrogens is 1. The number of imidazole rings is 1. The predicted octanol–water partition coefficient (Wildman–Crippen LogP) is 4.21. The van der Waals surface area contributed by atoms with Gasteiger partial charge in [-0.3, -0.25) is 9.59 Å². The van der Waals surface area contributed by atoms with Crippen LogP contribution in [0.15, 0.2) is 73.2 Å². The smallest absolute Gasteiger partial charge is 0.408 e. The van der Waals surface area contributed by atoms with Crippen molar-refractivity contribution in [2.24, 2.45) is 5.92 Å². The molecule has 0 aliphatic rings. The summed E-state index contributed by atoms with van der Waals surface area (Å²) in [6.07, 6.45) is 3.03. The van der Waals surface area contributed by atoms with Gasteiger partial charge in [0.2, 0.25) is 11.8 Å². The van der Waals surface area contributed by atoms with Crippen molar-refractivity contribution in [3.05, 3.63) is 90.0 Å². The topological polar surface area (TPSA) is 116 Å². The number of hydrogen-bond acceptors (Lipinski definition) is 5. The third kappa shape index (κ3) is 8.97. The first kappa shape index (κ1) is 30.4. The van der Waals surface area contributed by atoms with Gasteiger partial charge in [0, 0.05) is 37.3 Å². The van der Waals surface area contributed by atoms with Crippen LogP contribution in [0.4, 0.5) is 4.79 Å². The van der Waals surface area contributed by atoms with Gasteiger partial charge in [-0.1, -0.05) is 88.4 Å². The Morgan fingerprint density at radius 1 is 1.02 bits per heavy atom. The molecule has 3 aromatic rings. The molecule has 214 valence electrons. The van der Waals surface area contributed by atoms with Crippen molar-refractivity contribution in [3.8, 4) is 0 Å². The Balaban J connectivity index is 1.72. The lowest BCUT2D eigenvalue weighted by Gasteiger charge is -2.33. The summed E-state index contributed by atoms with van der Waals surface area (Å²) in [7, 11) is 1.61. The van der Waals surface area contributed by atoms with E-state index in [2.05, 4.69) is 34.4 Å². The molecule has 2 aromatic carbocycles. The second-order valence-corrected chi connectivity index (χ2v) is 11.1. The lowest BCUT2D eigenvalue weighted by Crippen LogP contribution is -2.56. The van der Waals surface area contributed by atoms with E-state index in [1.807, 2.05) is 74.5 Å². The first-order chi connectivity index (χ1) is 19.1. The molecular weight excluding hydrogens is 506 g/mol. The molecule has 0 aliphatic carbocycles. The van der Waals surface area contributed by atoms with Crippen molar-refractivity contribution in [1.82, 2.24) is 25.5 Å². The van der Waals surface area contributed by atoms with Crippen LogP contribution in [0.25, 0.3) is 0 Å². The van der Waals surface area contributed by atoms with E-state index in [0.29, 0.717) is 18.7 Å². The maximum atomic E-state index is 13.8. The molecule has 2 unspecified atom stereocenters. The molecule has 0 saturated heterocycles. The maximum absolute atomic E-state index is 13.8. The van der Waals surface area contributed by atoms with E-state index >= 15 is 0 Å². The fourth-order valence-corrected chi connectivity index (χ4v) is 4.43. The van der Waals surface area contributed by atoms with Crippen LogP contribution < -0.4 is 10.6 Å². The van der Waals surface area contributed by atoms with Crippen LogP contribution in [-0.2, 0) is 32.8 Å². The second kappa shape index (κ2) is 14.3. The number of aromatic nitrogens is 2. The van der Waals surface area contributed by atoms with Crippen LogP contribution in [0, 0.1) is 5.92 Å². The molecule has 0 fully saturated rings. The Labute approximate surface area is 236 Å². The summed E-state index contributed by atoms with van der Waals surface area (Å²) in [5.74, 6) is -0.474. The van der Waals surface area contributed by atoms with Gasteiger partial charge in [0.1, 0.15) is 18.7 Å². The Kier molecular flexibility index (Phi) is 10.9. The number of carbonyl (C=O) groups is 3. The van der Waals surface area contributed by atoms with Gasteiger partial charge in [-0.05, 0) is 23.5 Å². The molecule has 0 spiro atoms. The number of nitrogens with zero attached hydrogens (tertiary/aromatic N) is 2. The molecule has 0 aliphatic heterocycles. The number of alkyl carbamates (subject to hydrolysis) is 1. The quantitative estimate of drug-likeness (QED) is 0.296. The minimum atomic E-state index is -0.961. The molecule has 3 amide bonds. The van der Waals surface area contributed by atoms with Crippen LogP contribution in [0.1, 0.15) is 50.9 Å². The Morgan fingerprint density at radius 3 is 2.27 bits per heavy atom. The van der Waals surface area contributed by atoms with E-state index in [1.54, 1.807) is 13.2 Å². The fourth-order valence-electron chi connectivity index (χ4n) is 4.43. The van der Waals surface area contributed by atoms with Gasteiger partial charge >= 0.3 is 6.09 Å².